The van der Waals surface area contributed by atoms with Crippen LogP contribution in [0.15, 0.2) is 24.3 Å². The summed E-state index contributed by atoms with van der Waals surface area (Å²) in [5.41, 5.74) is -3.02. The van der Waals surface area contributed by atoms with Gasteiger partial charge in [-0.15, -0.1) is 0 Å². The normalized spacial score (nSPS) is 30.3. The Kier molecular flexibility index (Phi) is 4.26. The molecule has 1 rings (SSSR count). The van der Waals surface area contributed by atoms with Crippen molar-refractivity contribution in [2.45, 2.75) is 12.8 Å². The minimum absolute atomic E-state index is 0.107. The first-order valence-corrected chi connectivity index (χ1v) is 5.48. The van der Waals surface area contributed by atoms with E-state index in [1.54, 1.807) is 0 Å². The van der Waals surface area contributed by atoms with Crippen LogP contribution in [0.25, 0.3) is 0 Å². The average Bonchev–Trinajstić information content (AvgIpc) is 2.32. The van der Waals surface area contributed by atoms with Gasteiger partial charge in [0.25, 0.3) is 0 Å². The number of aliphatic hydroxyl groups excluding tert-OH is 2. The van der Waals surface area contributed by atoms with Crippen LogP contribution in [0.1, 0.15) is 12.8 Å². The largest absolute Gasteiger partial charge is 0.549 e. The van der Waals surface area contributed by atoms with Gasteiger partial charge in [0.15, 0.2) is 0 Å². The van der Waals surface area contributed by atoms with E-state index in [2.05, 4.69) is 0 Å². The number of carboxylic acid groups (broad SMARTS) is 2. The summed E-state index contributed by atoms with van der Waals surface area (Å²) in [5.74, 6) is -2.83. The van der Waals surface area contributed by atoms with Crippen molar-refractivity contribution < 1.29 is 30.0 Å². The predicted molar refractivity (Wildman–Crippen MR) is 56.6 cm³/mol. The molecule has 1 aliphatic rings. The molecule has 6 nitrogen and oxygen atoms in total. The van der Waals surface area contributed by atoms with Crippen molar-refractivity contribution >= 4 is 11.9 Å². The lowest BCUT2D eigenvalue weighted by atomic mass is 9.72. The Balaban J connectivity index is 3.09. The quantitative estimate of drug-likeness (QED) is 0.499. The fourth-order valence-electron chi connectivity index (χ4n) is 1.89. The van der Waals surface area contributed by atoms with E-state index in [4.69, 9.17) is 10.2 Å². The Morgan fingerprint density at radius 3 is 1.28 bits per heavy atom. The topological polar surface area (TPSA) is 121 Å². The van der Waals surface area contributed by atoms with Crippen LogP contribution >= 0.6 is 0 Å². The predicted octanol–water partition coefficient (Wildman–Crippen LogP) is -2.65. The number of hydrogen-bond donors (Lipinski definition) is 2. The summed E-state index contributed by atoms with van der Waals surface area (Å²) in [5, 5.41) is 39.8. The monoisotopic (exact) mass is 254 g/mol. The molecule has 0 amide bonds. The van der Waals surface area contributed by atoms with E-state index in [-0.39, 0.29) is 26.1 Å². The van der Waals surface area contributed by atoms with E-state index in [1.165, 1.54) is 24.3 Å². The van der Waals surface area contributed by atoms with E-state index in [9.17, 15) is 19.8 Å². The van der Waals surface area contributed by atoms with Crippen LogP contribution in [0.3, 0.4) is 0 Å². The van der Waals surface area contributed by atoms with Crippen molar-refractivity contribution in [1.29, 1.82) is 0 Å². The summed E-state index contributed by atoms with van der Waals surface area (Å²) in [6.45, 7) is -0.748. The van der Waals surface area contributed by atoms with Gasteiger partial charge in [0, 0.05) is 24.0 Å². The molecule has 0 aliphatic heterocycles. The number of aliphatic hydroxyl groups is 2. The lowest BCUT2D eigenvalue weighted by molar-refractivity contribution is -0.317. The van der Waals surface area contributed by atoms with Crippen molar-refractivity contribution in [3.63, 3.8) is 0 Å². The number of carboxylic acids is 2. The highest BCUT2D eigenvalue weighted by Crippen LogP contribution is 2.37. The fraction of sp³-hybridized carbons (Fsp3) is 0.500. The Labute approximate surface area is 104 Å². The van der Waals surface area contributed by atoms with Gasteiger partial charge in [-0.2, -0.15) is 0 Å². The van der Waals surface area contributed by atoms with Gasteiger partial charge in [0.05, 0.1) is 11.9 Å². The first-order valence-electron chi connectivity index (χ1n) is 5.48. The van der Waals surface area contributed by atoms with Crippen LogP contribution in [-0.2, 0) is 9.59 Å². The van der Waals surface area contributed by atoms with Crippen molar-refractivity contribution in [3.05, 3.63) is 24.3 Å². The highest BCUT2D eigenvalue weighted by molar-refractivity contribution is 5.83. The molecular formula is C12H14O6-2. The summed E-state index contributed by atoms with van der Waals surface area (Å²) < 4.78 is 0. The van der Waals surface area contributed by atoms with Crippen molar-refractivity contribution in [3.8, 4) is 0 Å². The highest BCUT2D eigenvalue weighted by atomic mass is 16.4. The number of hydrogen-bond acceptors (Lipinski definition) is 6. The molecule has 2 N–H and O–H groups in total. The van der Waals surface area contributed by atoms with Gasteiger partial charge in [-0.1, -0.05) is 24.3 Å². The minimum Gasteiger partial charge on any atom is -0.549 e. The molecule has 1 aliphatic carbocycles. The first-order chi connectivity index (χ1) is 8.42. The maximum atomic E-state index is 11.1. The average molecular weight is 254 g/mol. The number of carbonyl (C=O) groups is 2. The van der Waals surface area contributed by atoms with E-state index in [0.717, 1.165) is 0 Å². The summed E-state index contributed by atoms with van der Waals surface area (Å²) in [6.07, 6.45) is 4.47. The SMILES string of the molecule is O=C([O-])C1(CCO)C=CC(CCO)(C(=O)[O-])C=C1. The molecule has 0 aromatic rings. The molecular weight excluding hydrogens is 240 g/mol. The summed E-state index contributed by atoms with van der Waals surface area (Å²) in [7, 11) is 0. The van der Waals surface area contributed by atoms with E-state index < -0.39 is 22.8 Å². The molecule has 0 saturated carbocycles. The van der Waals surface area contributed by atoms with Crippen LogP contribution in [0.4, 0.5) is 0 Å². The molecule has 6 heteroatoms. The van der Waals surface area contributed by atoms with Crippen LogP contribution < -0.4 is 10.2 Å². The zero-order chi connectivity index (χ0) is 13.8. The molecule has 0 radical (unpaired) electrons. The Hall–Kier alpha value is -1.66. The van der Waals surface area contributed by atoms with Gasteiger partial charge in [-0.3, -0.25) is 0 Å². The Bertz CT molecular complexity index is 345. The molecule has 0 fully saturated rings. The van der Waals surface area contributed by atoms with E-state index in [1.807, 2.05) is 0 Å². The van der Waals surface area contributed by atoms with Gasteiger partial charge in [-0.25, -0.2) is 0 Å². The number of carbonyl (C=O) groups excluding carboxylic acids is 2. The fourth-order valence-corrected chi connectivity index (χ4v) is 1.89. The van der Waals surface area contributed by atoms with Crippen LogP contribution in [0.2, 0.25) is 0 Å². The van der Waals surface area contributed by atoms with Gasteiger partial charge in [0.2, 0.25) is 0 Å². The molecule has 0 bridgehead atoms. The van der Waals surface area contributed by atoms with Gasteiger partial charge < -0.3 is 30.0 Å². The third-order valence-corrected chi connectivity index (χ3v) is 3.17. The third kappa shape index (κ3) is 2.44. The van der Waals surface area contributed by atoms with Gasteiger partial charge >= 0.3 is 0 Å². The second-order valence-electron chi connectivity index (χ2n) is 4.27. The van der Waals surface area contributed by atoms with Crippen molar-refractivity contribution in [1.82, 2.24) is 0 Å². The molecule has 0 aromatic heterocycles. The van der Waals surface area contributed by atoms with Crippen LogP contribution in [-0.4, -0.2) is 35.4 Å². The third-order valence-electron chi connectivity index (χ3n) is 3.17. The summed E-state index contributed by atoms with van der Waals surface area (Å²) in [4.78, 5) is 22.1. The molecule has 0 aromatic carbocycles. The molecule has 0 atom stereocenters. The second-order valence-corrected chi connectivity index (χ2v) is 4.27. The molecule has 0 spiro atoms. The van der Waals surface area contributed by atoms with E-state index in [0.29, 0.717) is 0 Å². The molecule has 100 valence electrons. The maximum Gasteiger partial charge on any atom is 0.0553 e. The zero-order valence-electron chi connectivity index (χ0n) is 9.67. The molecule has 18 heavy (non-hydrogen) atoms. The zero-order valence-corrected chi connectivity index (χ0v) is 9.67. The van der Waals surface area contributed by atoms with Crippen LogP contribution in [0.5, 0.6) is 0 Å². The highest BCUT2D eigenvalue weighted by Gasteiger charge is 2.35. The van der Waals surface area contributed by atoms with Crippen molar-refractivity contribution in [2.24, 2.45) is 10.8 Å². The Morgan fingerprint density at radius 2 is 1.11 bits per heavy atom. The molecule has 0 heterocycles. The molecule has 0 saturated heterocycles. The lowest BCUT2D eigenvalue weighted by Gasteiger charge is -2.37. The summed E-state index contributed by atoms with van der Waals surface area (Å²) in [6, 6.07) is 0. The van der Waals surface area contributed by atoms with Crippen LogP contribution in [0, 0.1) is 10.8 Å². The number of rotatable bonds is 6. The first kappa shape index (κ1) is 14.4. The molecule has 0 unspecified atom stereocenters. The van der Waals surface area contributed by atoms with Gasteiger partial charge in [-0.05, 0) is 12.8 Å². The second kappa shape index (κ2) is 5.32. The standard InChI is InChI=1S/C12H16O6/c13-7-5-11(9(15)16)1-2-12(4-3-11,6-8-14)10(17)18/h1-4,13-14H,5-8H2,(H,15,16)(H,17,18)/p-2. The maximum absolute atomic E-state index is 11.1. The smallest absolute Gasteiger partial charge is 0.0553 e. The van der Waals surface area contributed by atoms with Crippen molar-refractivity contribution in [2.75, 3.05) is 13.2 Å². The minimum atomic E-state index is -1.51. The number of aliphatic carboxylic acids is 2. The summed E-state index contributed by atoms with van der Waals surface area (Å²) >= 11 is 0. The lowest BCUT2D eigenvalue weighted by Crippen LogP contribution is -2.46. The van der Waals surface area contributed by atoms with Gasteiger partial charge in [0.1, 0.15) is 0 Å². The van der Waals surface area contributed by atoms with E-state index >= 15 is 0 Å². The Morgan fingerprint density at radius 1 is 0.833 bits per heavy atom.